The van der Waals surface area contributed by atoms with Gasteiger partial charge in [0.05, 0.1) is 5.56 Å². The lowest BCUT2D eigenvalue weighted by Gasteiger charge is -2.18. The predicted molar refractivity (Wildman–Crippen MR) is 82.4 cm³/mol. The molecule has 1 heterocycles. The van der Waals surface area contributed by atoms with Crippen LogP contribution in [0.15, 0.2) is 36.5 Å². The first-order valence-electron chi connectivity index (χ1n) is 6.51. The summed E-state index contributed by atoms with van der Waals surface area (Å²) in [6, 6.07) is 9.66. The van der Waals surface area contributed by atoms with Crippen LogP contribution in [0.25, 0.3) is 0 Å². The summed E-state index contributed by atoms with van der Waals surface area (Å²) in [7, 11) is 3.58. The van der Waals surface area contributed by atoms with Crippen molar-refractivity contribution in [3.05, 3.63) is 53.2 Å². The second-order valence-electron chi connectivity index (χ2n) is 4.89. The normalized spacial score (nSPS) is 10.2. The summed E-state index contributed by atoms with van der Waals surface area (Å²) in [4.78, 5) is 18.3. The minimum absolute atomic E-state index is 0.0647. The number of nitrogens with one attached hydrogen (secondary N) is 1. The Kier molecular flexibility index (Phi) is 4.03. The van der Waals surface area contributed by atoms with Gasteiger partial charge in [-0.15, -0.1) is 0 Å². The van der Waals surface area contributed by atoms with E-state index in [0.717, 1.165) is 22.6 Å². The molecule has 0 radical (unpaired) electrons. The van der Waals surface area contributed by atoms with Gasteiger partial charge in [0, 0.05) is 26.0 Å². The van der Waals surface area contributed by atoms with Crippen molar-refractivity contribution in [2.45, 2.75) is 13.8 Å². The van der Waals surface area contributed by atoms with Gasteiger partial charge in [-0.05, 0) is 49.2 Å². The highest BCUT2D eigenvalue weighted by Gasteiger charge is 2.14. The number of carbonyl (C=O) groups excluding carboxylic acids is 1. The fraction of sp³-hybridized carbons (Fsp3) is 0.250. The number of aryl methyl sites for hydroxylation is 2. The van der Waals surface area contributed by atoms with E-state index in [1.54, 1.807) is 37.3 Å². The third-order valence-corrected chi connectivity index (χ3v) is 3.16. The van der Waals surface area contributed by atoms with Gasteiger partial charge < -0.3 is 10.2 Å². The third-order valence-electron chi connectivity index (χ3n) is 3.16. The average molecular weight is 269 g/mol. The Hall–Kier alpha value is -2.36. The van der Waals surface area contributed by atoms with Crippen LogP contribution in [0.5, 0.6) is 0 Å². The fourth-order valence-electron chi connectivity index (χ4n) is 2.12. The Balaban J connectivity index is 2.27. The topological polar surface area (TPSA) is 45.2 Å². The van der Waals surface area contributed by atoms with E-state index in [0.29, 0.717) is 5.56 Å². The zero-order valence-electron chi connectivity index (χ0n) is 12.3. The SMILES string of the molecule is CNc1ccc(C(=O)N(C)c2cc(C)cc(C)c2)cn1. The molecule has 0 aliphatic carbocycles. The second kappa shape index (κ2) is 5.74. The Morgan fingerprint density at radius 3 is 2.30 bits per heavy atom. The quantitative estimate of drug-likeness (QED) is 0.931. The molecule has 0 saturated heterocycles. The molecule has 0 spiro atoms. The molecule has 4 heteroatoms. The van der Waals surface area contributed by atoms with Gasteiger partial charge in [-0.2, -0.15) is 0 Å². The Morgan fingerprint density at radius 2 is 1.80 bits per heavy atom. The van der Waals surface area contributed by atoms with E-state index in [1.165, 1.54) is 0 Å². The van der Waals surface area contributed by atoms with Gasteiger partial charge >= 0.3 is 0 Å². The average Bonchev–Trinajstić information content (AvgIpc) is 2.45. The van der Waals surface area contributed by atoms with Crippen LogP contribution in [-0.2, 0) is 0 Å². The minimum Gasteiger partial charge on any atom is -0.373 e. The lowest BCUT2D eigenvalue weighted by atomic mass is 10.1. The standard InChI is InChI=1S/C16H19N3O/c1-11-7-12(2)9-14(8-11)19(4)16(20)13-5-6-15(17-3)18-10-13/h5-10H,1-4H3,(H,17,18). The molecule has 1 amide bonds. The lowest BCUT2D eigenvalue weighted by Crippen LogP contribution is -2.26. The molecule has 1 aromatic heterocycles. The molecule has 4 nitrogen and oxygen atoms in total. The van der Waals surface area contributed by atoms with Gasteiger partial charge in [-0.25, -0.2) is 4.98 Å². The maximum absolute atomic E-state index is 12.4. The zero-order chi connectivity index (χ0) is 14.7. The Bertz CT molecular complexity index is 600. The lowest BCUT2D eigenvalue weighted by molar-refractivity contribution is 0.0992. The molecule has 0 unspecified atom stereocenters. The van der Waals surface area contributed by atoms with E-state index in [2.05, 4.69) is 16.4 Å². The summed E-state index contributed by atoms with van der Waals surface area (Å²) in [6.07, 6.45) is 1.59. The number of hydrogen-bond donors (Lipinski definition) is 1. The summed E-state index contributed by atoms with van der Waals surface area (Å²) in [5, 5.41) is 2.93. The number of hydrogen-bond acceptors (Lipinski definition) is 3. The Labute approximate surface area is 119 Å². The predicted octanol–water partition coefficient (Wildman–Crippen LogP) is 3.02. The van der Waals surface area contributed by atoms with Crippen molar-refractivity contribution in [2.24, 2.45) is 0 Å². The van der Waals surface area contributed by atoms with Crippen LogP contribution in [0.4, 0.5) is 11.5 Å². The van der Waals surface area contributed by atoms with E-state index in [1.807, 2.05) is 26.0 Å². The number of aromatic nitrogens is 1. The molecule has 0 aliphatic heterocycles. The van der Waals surface area contributed by atoms with Crippen molar-refractivity contribution in [3.63, 3.8) is 0 Å². The first-order chi connectivity index (χ1) is 9.51. The first-order valence-corrected chi connectivity index (χ1v) is 6.51. The number of anilines is 2. The van der Waals surface area contributed by atoms with Crippen LogP contribution in [0.2, 0.25) is 0 Å². The van der Waals surface area contributed by atoms with E-state index in [4.69, 9.17) is 0 Å². The molecule has 0 bridgehead atoms. The van der Waals surface area contributed by atoms with Crippen molar-refractivity contribution in [2.75, 3.05) is 24.3 Å². The summed E-state index contributed by atoms with van der Waals surface area (Å²) in [5.74, 6) is 0.681. The smallest absolute Gasteiger partial charge is 0.259 e. The van der Waals surface area contributed by atoms with Crippen LogP contribution in [0.3, 0.4) is 0 Å². The largest absolute Gasteiger partial charge is 0.373 e. The molecule has 2 rings (SSSR count). The van der Waals surface area contributed by atoms with E-state index < -0.39 is 0 Å². The van der Waals surface area contributed by atoms with Gasteiger partial charge in [-0.3, -0.25) is 4.79 Å². The zero-order valence-corrected chi connectivity index (χ0v) is 12.3. The first kappa shape index (κ1) is 14.1. The monoisotopic (exact) mass is 269 g/mol. The molecule has 0 atom stereocenters. The molecule has 0 aliphatic rings. The number of amides is 1. The van der Waals surface area contributed by atoms with Gasteiger partial charge in [0.1, 0.15) is 5.82 Å². The third kappa shape index (κ3) is 2.96. The van der Waals surface area contributed by atoms with E-state index >= 15 is 0 Å². The van der Waals surface area contributed by atoms with Crippen LogP contribution in [0, 0.1) is 13.8 Å². The van der Waals surface area contributed by atoms with Crippen LogP contribution < -0.4 is 10.2 Å². The fourth-order valence-corrected chi connectivity index (χ4v) is 2.12. The highest BCUT2D eigenvalue weighted by Crippen LogP contribution is 2.19. The van der Waals surface area contributed by atoms with Crippen molar-refractivity contribution in [3.8, 4) is 0 Å². The van der Waals surface area contributed by atoms with E-state index in [9.17, 15) is 4.79 Å². The molecule has 20 heavy (non-hydrogen) atoms. The van der Waals surface area contributed by atoms with E-state index in [-0.39, 0.29) is 5.91 Å². The molecule has 1 aromatic carbocycles. The van der Waals surface area contributed by atoms with Crippen molar-refractivity contribution in [1.82, 2.24) is 4.98 Å². The molecule has 104 valence electrons. The highest BCUT2D eigenvalue weighted by atomic mass is 16.2. The summed E-state index contributed by atoms with van der Waals surface area (Å²) in [5.41, 5.74) is 3.75. The van der Waals surface area contributed by atoms with Gasteiger partial charge in [-0.1, -0.05) is 6.07 Å². The number of nitrogens with zero attached hydrogens (tertiary/aromatic N) is 2. The number of pyridine rings is 1. The number of rotatable bonds is 3. The van der Waals surface area contributed by atoms with Crippen LogP contribution in [0.1, 0.15) is 21.5 Å². The number of benzene rings is 1. The molecule has 0 saturated carbocycles. The minimum atomic E-state index is -0.0647. The van der Waals surface area contributed by atoms with Gasteiger partial charge in [0.25, 0.3) is 5.91 Å². The van der Waals surface area contributed by atoms with Gasteiger partial charge in [0.15, 0.2) is 0 Å². The Morgan fingerprint density at radius 1 is 1.15 bits per heavy atom. The molecule has 2 aromatic rings. The van der Waals surface area contributed by atoms with Crippen molar-refractivity contribution >= 4 is 17.4 Å². The summed E-state index contributed by atoms with van der Waals surface area (Å²) in [6.45, 7) is 4.05. The summed E-state index contributed by atoms with van der Waals surface area (Å²) < 4.78 is 0. The summed E-state index contributed by atoms with van der Waals surface area (Å²) >= 11 is 0. The van der Waals surface area contributed by atoms with Gasteiger partial charge in [0.2, 0.25) is 0 Å². The second-order valence-corrected chi connectivity index (χ2v) is 4.89. The maximum Gasteiger partial charge on any atom is 0.259 e. The van der Waals surface area contributed by atoms with Crippen LogP contribution >= 0.6 is 0 Å². The van der Waals surface area contributed by atoms with Crippen molar-refractivity contribution in [1.29, 1.82) is 0 Å². The van der Waals surface area contributed by atoms with Crippen molar-refractivity contribution < 1.29 is 4.79 Å². The number of carbonyl (C=O) groups is 1. The molecule has 1 N–H and O–H groups in total. The van der Waals surface area contributed by atoms with Crippen LogP contribution in [-0.4, -0.2) is 25.0 Å². The highest BCUT2D eigenvalue weighted by molar-refractivity contribution is 6.05. The maximum atomic E-state index is 12.4. The molecule has 0 fully saturated rings. The molecular formula is C16H19N3O. The molecular weight excluding hydrogens is 250 g/mol.